The molecule has 1 saturated carbocycles. The molecule has 0 amide bonds. The maximum Gasteiger partial charge on any atom is 0.195 e. The van der Waals surface area contributed by atoms with Crippen molar-refractivity contribution >= 4 is 23.2 Å². The largest absolute Gasteiger partial charge is 0.343 e. The average Bonchev–Trinajstić information content (AvgIpc) is 3.30. The first-order valence-electron chi connectivity index (χ1n) is 11.8. The van der Waals surface area contributed by atoms with Crippen molar-refractivity contribution in [1.29, 1.82) is 0 Å². The van der Waals surface area contributed by atoms with Crippen LogP contribution in [0.3, 0.4) is 0 Å². The first-order valence-corrected chi connectivity index (χ1v) is 12.2. The molecule has 1 fully saturated rings. The molecule has 0 radical (unpaired) electrons. The van der Waals surface area contributed by atoms with Crippen molar-refractivity contribution in [3.05, 3.63) is 118 Å². The van der Waals surface area contributed by atoms with E-state index in [1.807, 2.05) is 66.9 Å². The predicted molar refractivity (Wildman–Crippen MR) is 137 cm³/mol. The summed E-state index contributed by atoms with van der Waals surface area (Å²) >= 11 is 6.69. The molecule has 0 unspecified atom stereocenters. The third-order valence-corrected chi connectivity index (χ3v) is 7.00. The molecule has 1 heterocycles. The summed E-state index contributed by atoms with van der Waals surface area (Å²) in [4.78, 5) is 27.8. The van der Waals surface area contributed by atoms with Crippen LogP contribution >= 0.6 is 11.6 Å². The fraction of sp³-hybridized carbons (Fsp3) is 0.200. The number of hydrogen-bond acceptors (Lipinski definition) is 2. The third kappa shape index (κ3) is 4.24. The quantitative estimate of drug-likeness (QED) is 0.271. The molecule has 0 atom stereocenters. The van der Waals surface area contributed by atoms with Crippen LogP contribution in [0.4, 0.5) is 0 Å². The van der Waals surface area contributed by atoms with Gasteiger partial charge in [-0.3, -0.25) is 9.59 Å². The van der Waals surface area contributed by atoms with Crippen LogP contribution in [-0.4, -0.2) is 16.1 Å². The Kier molecular flexibility index (Phi) is 6.46. The van der Waals surface area contributed by atoms with Gasteiger partial charge >= 0.3 is 0 Å². The molecular weight excluding hydrogens is 442 g/mol. The Bertz CT molecular complexity index is 1320. The monoisotopic (exact) mass is 467 g/mol. The maximum atomic E-state index is 14.0. The van der Waals surface area contributed by atoms with Gasteiger partial charge in [0.1, 0.15) is 0 Å². The molecule has 4 heteroatoms. The number of aromatic nitrogens is 1. The molecular formula is C30H26ClNO2. The van der Waals surface area contributed by atoms with E-state index in [0.29, 0.717) is 27.3 Å². The van der Waals surface area contributed by atoms with E-state index < -0.39 is 0 Å². The van der Waals surface area contributed by atoms with Gasteiger partial charge in [-0.1, -0.05) is 110 Å². The van der Waals surface area contributed by atoms with E-state index in [1.165, 1.54) is 6.42 Å². The van der Waals surface area contributed by atoms with Crippen LogP contribution in [-0.2, 0) is 0 Å². The van der Waals surface area contributed by atoms with Crippen molar-refractivity contribution in [2.24, 2.45) is 0 Å². The molecule has 3 nitrogen and oxygen atoms in total. The van der Waals surface area contributed by atoms with Gasteiger partial charge in [-0.25, -0.2) is 0 Å². The fourth-order valence-corrected chi connectivity index (χ4v) is 5.21. The molecule has 0 spiro atoms. The van der Waals surface area contributed by atoms with Gasteiger partial charge in [0.05, 0.1) is 16.8 Å². The summed E-state index contributed by atoms with van der Waals surface area (Å²) in [5.74, 6) is -0.313. The molecule has 34 heavy (non-hydrogen) atoms. The van der Waals surface area contributed by atoms with Crippen molar-refractivity contribution in [3.8, 4) is 11.3 Å². The van der Waals surface area contributed by atoms with Gasteiger partial charge in [0.2, 0.25) is 0 Å². The average molecular weight is 468 g/mol. The van der Waals surface area contributed by atoms with Gasteiger partial charge in [0.25, 0.3) is 0 Å². The van der Waals surface area contributed by atoms with E-state index >= 15 is 0 Å². The third-order valence-electron chi connectivity index (χ3n) is 6.67. The first-order chi connectivity index (χ1) is 16.6. The van der Waals surface area contributed by atoms with Crippen molar-refractivity contribution in [2.75, 3.05) is 0 Å². The summed E-state index contributed by atoms with van der Waals surface area (Å²) in [6.45, 7) is 0. The van der Waals surface area contributed by atoms with Gasteiger partial charge in [0.15, 0.2) is 11.6 Å². The molecule has 4 aromatic rings. The van der Waals surface area contributed by atoms with E-state index in [4.69, 9.17) is 11.6 Å². The van der Waals surface area contributed by atoms with Crippen molar-refractivity contribution in [3.63, 3.8) is 0 Å². The van der Waals surface area contributed by atoms with Crippen molar-refractivity contribution in [2.45, 2.75) is 38.1 Å². The standard InChI is InChI=1S/C30H26ClNO2/c31-26-19-11-10-18-24(26)28-27(30(34)22-14-6-2-7-15-22)25(29(33)21-12-4-1-5-13-21)20-32(28)23-16-8-3-9-17-23/h1-2,4-7,10-15,18-20,23H,3,8-9,16-17H2. The lowest BCUT2D eigenvalue weighted by atomic mass is 9.92. The van der Waals surface area contributed by atoms with Crippen molar-refractivity contribution in [1.82, 2.24) is 4.57 Å². The predicted octanol–water partition coefficient (Wildman–Crippen LogP) is 7.78. The zero-order valence-corrected chi connectivity index (χ0v) is 19.7. The zero-order chi connectivity index (χ0) is 23.5. The number of carbonyl (C=O) groups is 2. The second-order valence-electron chi connectivity index (χ2n) is 8.84. The number of carbonyl (C=O) groups excluding carboxylic acids is 2. The topological polar surface area (TPSA) is 39.1 Å². The molecule has 0 bridgehead atoms. The van der Waals surface area contributed by atoms with Crippen LogP contribution in [0.25, 0.3) is 11.3 Å². The molecule has 0 N–H and O–H groups in total. The molecule has 1 aliphatic rings. The highest BCUT2D eigenvalue weighted by molar-refractivity contribution is 6.34. The highest BCUT2D eigenvalue weighted by Gasteiger charge is 2.31. The molecule has 1 aliphatic carbocycles. The Morgan fingerprint density at radius 3 is 1.88 bits per heavy atom. The normalized spacial score (nSPS) is 14.1. The van der Waals surface area contributed by atoms with Crippen LogP contribution in [0.2, 0.25) is 5.02 Å². The zero-order valence-electron chi connectivity index (χ0n) is 18.9. The molecule has 170 valence electrons. The SMILES string of the molecule is O=C(c1ccccc1)c1cn(C2CCCCC2)c(-c2ccccc2Cl)c1C(=O)c1ccccc1. The lowest BCUT2D eigenvalue weighted by Gasteiger charge is -2.26. The number of benzene rings is 3. The minimum Gasteiger partial charge on any atom is -0.343 e. The Hall–Kier alpha value is -3.43. The van der Waals surface area contributed by atoms with Crippen LogP contribution in [0.1, 0.15) is 70.0 Å². The fourth-order valence-electron chi connectivity index (χ4n) is 4.98. The van der Waals surface area contributed by atoms with Crippen molar-refractivity contribution < 1.29 is 9.59 Å². The summed E-state index contributed by atoms with van der Waals surface area (Å²) < 4.78 is 2.16. The number of halogens is 1. The summed E-state index contributed by atoms with van der Waals surface area (Å²) in [6, 6.07) is 26.2. The Morgan fingerprint density at radius 1 is 0.706 bits per heavy atom. The second-order valence-corrected chi connectivity index (χ2v) is 9.24. The summed E-state index contributed by atoms with van der Waals surface area (Å²) in [5, 5.41) is 0.568. The second kappa shape index (κ2) is 9.82. The highest BCUT2D eigenvalue weighted by atomic mass is 35.5. The lowest BCUT2D eigenvalue weighted by molar-refractivity contribution is 0.100. The smallest absolute Gasteiger partial charge is 0.195 e. The van der Waals surface area contributed by atoms with E-state index in [0.717, 1.165) is 36.9 Å². The summed E-state index contributed by atoms with van der Waals surface area (Å²) in [6.07, 6.45) is 7.42. The van der Waals surface area contributed by atoms with Crippen LogP contribution < -0.4 is 0 Å². The van der Waals surface area contributed by atoms with Gasteiger partial charge in [-0.15, -0.1) is 0 Å². The van der Waals surface area contributed by atoms with E-state index in [2.05, 4.69) is 4.57 Å². The Labute approximate surface area is 205 Å². The van der Waals surface area contributed by atoms with Crippen LogP contribution in [0.15, 0.2) is 91.1 Å². The Balaban J connectivity index is 1.79. The molecule has 5 rings (SSSR count). The summed E-state index contributed by atoms with van der Waals surface area (Å²) in [5.41, 5.74) is 3.50. The minimum absolute atomic E-state index is 0.150. The number of nitrogens with zero attached hydrogens (tertiary/aromatic N) is 1. The van der Waals surface area contributed by atoms with Gasteiger partial charge in [-0.2, -0.15) is 0 Å². The van der Waals surface area contributed by atoms with Gasteiger partial charge in [0, 0.05) is 34.0 Å². The minimum atomic E-state index is -0.163. The van der Waals surface area contributed by atoms with Gasteiger partial charge < -0.3 is 4.57 Å². The lowest BCUT2D eigenvalue weighted by Crippen LogP contribution is -2.14. The Morgan fingerprint density at radius 2 is 1.26 bits per heavy atom. The highest BCUT2D eigenvalue weighted by Crippen LogP contribution is 2.40. The summed E-state index contributed by atoms with van der Waals surface area (Å²) in [7, 11) is 0. The van der Waals surface area contributed by atoms with Crippen LogP contribution in [0, 0.1) is 0 Å². The number of ketones is 2. The maximum absolute atomic E-state index is 14.0. The molecule has 0 saturated heterocycles. The molecule has 1 aromatic heterocycles. The molecule has 0 aliphatic heterocycles. The molecule has 3 aromatic carbocycles. The van der Waals surface area contributed by atoms with Crippen LogP contribution in [0.5, 0.6) is 0 Å². The van der Waals surface area contributed by atoms with E-state index in [-0.39, 0.29) is 17.6 Å². The first kappa shape index (κ1) is 22.4. The van der Waals surface area contributed by atoms with Gasteiger partial charge in [-0.05, 0) is 18.9 Å². The van der Waals surface area contributed by atoms with E-state index in [1.54, 1.807) is 24.3 Å². The van der Waals surface area contributed by atoms with E-state index in [9.17, 15) is 9.59 Å². The number of rotatable bonds is 6. The number of hydrogen-bond donors (Lipinski definition) is 0.